The number of hydrogen-bond acceptors (Lipinski definition) is 5. The summed E-state index contributed by atoms with van der Waals surface area (Å²) in [6.07, 6.45) is 4.28. The van der Waals surface area contributed by atoms with Gasteiger partial charge in [0.05, 0.1) is 11.1 Å². The van der Waals surface area contributed by atoms with Gasteiger partial charge >= 0.3 is 0 Å². The Morgan fingerprint density at radius 2 is 2.10 bits per heavy atom. The minimum absolute atomic E-state index is 0.217. The molecule has 0 fully saturated rings. The van der Waals surface area contributed by atoms with Crippen LogP contribution in [0.15, 0.2) is 41.6 Å². The maximum Gasteiger partial charge on any atom is 0.175 e. The first-order valence-corrected chi connectivity index (χ1v) is 8.37. The van der Waals surface area contributed by atoms with Crippen molar-refractivity contribution in [3.8, 4) is 5.75 Å². The average Bonchev–Trinajstić information content (AvgIpc) is 2.81. The average molecular weight is 309 g/mol. The number of nitrogens with two attached hydrogens (primary N) is 1. The first-order valence-electron chi connectivity index (χ1n) is 6.48. The number of nitrogens with zero attached hydrogens (tertiary/aromatic N) is 2. The first-order chi connectivity index (χ1) is 9.77. The van der Waals surface area contributed by atoms with Crippen LogP contribution in [0, 0.1) is 0 Å². The van der Waals surface area contributed by atoms with Crippen LogP contribution < -0.4 is 10.5 Å². The molecule has 1 aromatic heterocycles. The van der Waals surface area contributed by atoms with Crippen molar-refractivity contribution in [3.63, 3.8) is 0 Å². The summed E-state index contributed by atoms with van der Waals surface area (Å²) in [5, 5.41) is 4.10. The lowest BCUT2D eigenvalue weighted by Crippen LogP contribution is -2.28. The molecular weight excluding hydrogens is 290 g/mol. The molecule has 7 heteroatoms. The van der Waals surface area contributed by atoms with Crippen molar-refractivity contribution in [3.05, 3.63) is 42.2 Å². The van der Waals surface area contributed by atoms with Gasteiger partial charge in [-0.1, -0.05) is 6.07 Å². The quantitative estimate of drug-likeness (QED) is 0.899. The lowest BCUT2D eigenvalue weighted by Gasteiger charge is -2.21. The third kappa shape index (κ3) is 3.83. The molecule has 0 bridgehead atoms. The van der Waals surface area contributed by atoms with E-state index in [4.69, 9.17) is 10.5 Å². The highest BCUT2D eigenvalue weighted by Gasteiger charge is 2.20. The zero-order valence-corrected chi connectivity index (χ0v) is 13.0. The predicted molar refractivity (Wildman–Crippen MR) is 79.8 cm³/mol. The number of aryl methyl sites for hydroxylation is 1. The molecule has 6 nitrogen and oxygen atoms in total. The lowest BCUT2D eigenvalue weighted by molar-refractivity contribution is 0.180. The van der Waals surface area contributed by atoms with E-state index >= 15 is 0 Å². The molecular formula is C14H19N3O3S. The van der Waals surface area contributed by atoms with Gasteiger partial charge in [0.2, 0.25) is 0 Å². The molecule has 1 aromatic carbocycles. The molecule has 0 spiro atoms. The molecule has 1 heterocycles. The number of benzene rings is 1. The van der Waals surface area contributed by atoms with Crippen LogP contribution in [0.5, 0.6) is 5.75 Å². The van der Waals surface area contributed by atoms with E-state index in [0.29, 0.717) is 5.75 Å². The van der Waals surface area contributed by atoms with Crippen LogP contribution in [0.1, 0.15) is 18.6 Å². The van der Waals surface area contributed by atoms with Gasteiger partial charge in [-0.2, -0.15) is 5.10 Å². The minimum Gasteiger partial charge on any atom is -0.484 e. The van der Waals surface area contributed by atoms with Crippen LogP contribution in [-0.2, 0) is 16.9 Å². The van der Waals surface area contributed by atoms with Gasteiger partial charge < -0.3 is 10.5 Å². The van der Waals surface area contributed by atoms with E-state index in [1.165, 1.54) is 12.1 Å². The van der Waals surface area contributed by atoms with Crippen LogP contribution in [0.3, 0.4) is 0 Å². The Labute approximate surface area is 124 Å². The fraction of sp³-hybridized carbons (Fsp3) is 0.357. The second kappa shape index (κ2) is 5.87. The second-order valence-corrected chi connectivity index (χ2v) is 7.11. The Kier molecular flexibility index (Phi) is 4.34. The molecule has 0 radical (unpaired) electrons. The molecule has 2 unspecified atom stereocenters. The SMILES string of the molecule is CC(N)C(Oc1cccc(S(C)(=O)=O)c1)c1cnn(C)c1. The molecule has 0 saturated carbocycles. The van der Waals surface area contributed by atoms with Gasteiger partial charge in [0.1, 0.15) is 11.9 Å². The standard InChI is InChI=1S/C14H19N3O3S/c1-10(15)14(11-8-16-17(2)9-11)20-12-5-4-6-13(7-12)21(3,18)19/h4-10,14H,15H2,1-3H3. The molecule has 2 atom stereocenters. The zero-order valence-electron chi connectivity index (χ0n) is 12.2. The Balaban J connectivity index is 2.30. The van der Waals surface area contributed by atoms with Crippen molar-refractivity contribution in [1.29, 1.82) is 0 Å². The van der Waals surface area contributed by atoms with Crippen molar-refractivity contribution < 1.29 is 13.2 Å². The van der Waals surface area contributed by atoms with Crippen LogP contribution in [0.4, 0.5) is 0 Å². The number of sulfone groups is 1. The van der Waals surface area contributed by atoms with Gasteiger partial charge in [-0.3, -0.25) is 4.68 Å². The van der Waals surface area contributed by atoms with E-state index in [2.05, 4.69) is 5.10 Å². The molecule has 0 saturated heterocycles. The van der Waals surface area contributed by atoms with E-state index in [0.717, 1.165) is 11.8 Å². The predicted octanol–water partition coefficient (Wildman–Crippen LogP) is 1.29. The first kappa shape index (κ1) is 15.5. The topological polar surface area (TPSA) is 87.2 Å². The Hall–Kier alpha value is -1.86. The summed E-state index contributed by atoms with van der Waals surface area (Å²) in [6, 6.07) is 6.12. The third-order valence-electron chi connectivity index (χ3n) is 3.03. The molecule has 2 rings (SSSR count). The highest BCUT2D eigenvalue weighted by Crippen LogP contribution is 2.25. The van der Waals surface area contributed by atoms with Crippen molar-refractivity contribution in [1.82, 2.24) is 9.78 Å². The van der Waals surface area contributed by atoms with Gasteiger partial charge in [-0.25, -0.2) is 8.42 Å². The zero-order chi connectivity index (χ0) is 15.6. The molecule has 2 aromatic rings. The van der Waals surface area contributed by atoms with E-state index in [1.54, 1.807) is 23.0 Å². The summed E-state index contributed by atoms with van der Waals surface area (Å²) >= 11 is 0. The Morgan fingerprint density at radius 1 is 1.38 bits per heavy atom. The smallest absolute Gasteiger partial charge is 0.175 e. The summed E-state index contributed by atoms with van der Waals surface area (Å²) in [5.74, 6) is 0.462. The fourth-order valence-corrected chi connectivity index (χ4v) is 2.65. The van der Waals surface area contributed by atoms with Crippen molar-refractivity contribution in [2.45, 2.75) is 24.0 Å². The second-order valence-electron chi connectivity index (χ2n) is 5.09. The summed E-state index contributed by atoms with van der Waals surface area (Å²) in [4.78, 5) is 0.217. The van der Waals surface area contributed by atoms with Gasteiger partial charge in [0.15, 0.2) is 9.84 Å². The van der Waals surface area contributed by atoms with Gasteiger partial charge in [-0.05, 0) is 25.1 Å². The van der Waals surface area contributed by atoms with Crippen molar-refractivity contribution in [2.24, 2.45) is 12.8 Å². The highest BCUT2D eigenvalue weighted by atomic mass is 32.2. The highest BCUT2D eigenvalue weighted by molar-refractivity contribution is 7.90. The summed E-state index contributed by atoms with van der Waals surface area (Å²) in [7, 11) is -1.46. The maximum atomic E-state index is 11.6. The van der Waals surface area contributed by atoms with Crippen LogP contribution in [0.25, 0.3) is 0 Å². The van der Waals surface area contributed by atoms with Crippen molar-refractivity contribution >= 4 is 9.84 Å². The van der Waals surface area contributed by atoms with Crippen LogP contribution >= 0.6 is 0 Å². The number of aromatic nitrogens is 2. The van der Waals surface area contributed by atoms with E-state index < -0.39 is 15.9 Å². The number of ether oxygens (including phenoxy) is 1. The summed E-state index contributed by atoms with van der Waals surface area (Å²) in [5.41, 5.74) is 6.81. The van der Waals surface area contributed by atoms with Gasteiger partial charge in [0, 0.05) is 31.1 Å². The molecule has 0 aliphatic carbocycles. The maximum absolute atomic E-state index is 11.6. The molecule has 2 N–H and O–H groups in total. The summed E-state index contributed by atoms with van der Waals surface area (Å²) < 4.78 is 30.7. The van der Waals surface area contributed by atoms with Crippen molar-refractivity contribution in [2.75, 3.05) is 6.26 Å². The molecule has 21 heavy (non-hydrogen) atoms. The van der Waals surface area contributed by atoms with Crippen LogP contribution in [0.2, 0.25) is 0 Å². The minimum atomic E-state index is -3.27. The van der Waals surface area contributed by atoms with Gasteiger partial charge in [0.25, 0.3) is 0 Å². The number of hydrogen-bond donors (Lipinski definition) is 1. The lowest BCUT2D eigenvalue weighted by atomic mass is 10.1. The normalized spacial score (nSPS) is 14.7. The third-order valence-corrected chi connectivity index (χ3v) is 4.14. The van der Waals surface area contributed by atoms with E-state index in [9.17, 15) is 8.42 Å². The van der Waals surface area contributed by atoms with Gasteiger partial charge in [-0.15, -0.1) is 0 Å². The monoisotopic (exact) mass is 309 g/mol. The summed E-state index contributed by atoms with van der Waals surface area (Å²) in [6.45, 7) is 1.83. The molecule has 0 amide bonds. The van der Waals surface area contributed by atoms with E-state index in [1.807, 2.05) is 20.2 Å². The molecule has 114 valence electrons. The van der Waals surface area contributed by atoms with Crippen LogP contribution in [-0.4, -0.2) is 30.5 Å². The largest absolute Gasteiger partial charge is 0.484 e. The molecule has 0 aliphatic rings. The Bertz CT molecular complexity index is 723. The Morgan fingerprint density at radius 3 is 2.62 bits per heavy atom. The number of rotatable bonds is 5. The molecule has 0 aliphatic heterocycles. The fourth-order valence-electron chi connectivity index (χ4n) is 1.99. The van der Waals surface area contributed by atoms with E-state index in [-0.39, 0.29) is 10.9 Å².